The normalized spacial score (nSPS) is 14.0. The van der Waals surface area contributed by atoms with Crippen LogP contribution in [-0.4, -0.2) is 75.5 Å². The average molecular weight is 860 g/mol. The van der Waals surface area contributed by atoms with Gasteiger partial charge in [0.2, 0.25) is 0 Å². The first-order valence-electron chi connectivity index (χ1n) is 23.7. The largest absolute Gasteiger partial charge is 0.544 e. The van der Waals surface area contributed by atoms with Gasteiger partial charge in [-0.3, -0.25) is 9.59 Å². The van der Waals surface area contributed by atoms with Crippen LogP contribution in [0.2, 0.25) is 0 Å². The van der Waals surface area contributed by atoms with E-state index in [-0.39, 0.29) is 49.1 Å². The highest BCUT2D eigenvalue weighted by Crippen LogP contribution is 2.13. The standard InChI is InChI=1S/C54H85NO7/c1-6-8-10-12-14-16-18-20-22-24-26-28-30-32-34-36-38-40-42-44-52(56)61-49-50(48-60-47-46-51(54(58)59)55(3,4)5)62-53(57)45-43-41-39-37-35-33-31-29-27-25-23-21-19-17-15-13-11-9-7-2/h8-11,13-17,19-23,25,27,29,31,33,35,50-51H,6-7,12,18,24,26,28,30,32,34,36-49H2,1-5H3/b10-8+,11-9+,15-13+,16-14+,19-17+,22-20+,23-21+,27-25+,31-29+,35-33+. The number of ether oxygens (including phenoxy) is 3. The summed E-state index contributed by atoms with van der Waals surface area (Å²) in [5, 5.41) is 11.6. The fourth-order valence-electron chi connectivity index (χ4n) is 6.18. The molecule has 8 nitrogen and oxygen atoms in total. The third-order valence-corrected chi connectivity index (χ3v) is 9.79. The summed E-state index contributed by atoms with van der Waals surface area (Å²) in [4.78, 5) is 37.0. The SMILES string of the molecule is CC/C=C/C=C/C=C/C=C/C=C/C=C/C=C/CCCCCC(=O)OC(COCCC(C(=O)[O-])[N+](C)(C)C)COC(=O)CCCCCCCCCCC/C=C/C/C=C/C/C=C/CC. The number of nitrogens with zero attached hydrogens (tertiary/aromatic N) is 1. The summed E-state index contributed by atoms with van der Waals surface area (Å²) in [5.41, 5.74) is 0. The molecule has 0 aromatic carbocycles. The number of hydrogen-bond acceptors (Lipinski definition) is 7. The number of quaternary nitrogens is 1. The second-order valence-electron chi connectivity index (χ2n) is 16.4. The van der Waals surface area contributed by atoms with Crippen LogP contribution in [0, 0.1) is 0 Å². The number of unbranched alkanes of at least 4 members (excludes halogenated alkanes) is 12. The Morgan fingerprint density at radius 1 is 0.500 bits per heavy atom. The number of aliphatic carboxylic acids is 1. The van der Waals surface area contributed by atoms with Gasteiger partial charge >= 0.3 is 11.9 Å². The number of hydrogen-bond donors (Lipinski definition) is 0. The highest BCUT2D eigenvalue weighted by molar-refractivity contribution is 5.70. The fraction of sp³-hybridized carbons (Fsp3) is 0.574. The number of allylic oxidation sites excluding steroid dienone is 20. The van der Waals surface area contributed by atoms with Gasteiger partial charge in [0.05, 0.1) is 40.3 Å². The van der Waals surface area contributed by atoms with Crippen LogP contribution in [0.25, 0.3) is 0 Å². The minimum atomic E-state index is -1.14. The quantitative estimate of drug-likeness (QED) is 0.0199. The smallest absolute Gasteiger partial charge is 0.306 e. The van der Waals surface area contributed by atoms with Crippen molar-refractivity contribution in [3.8, 4) is 0 Å². The maximum absolute atomic E-state index is 12.7. The molecule has 0 amide bonds. The molecule has 62 heavy (non-hydrogen) atoms. The molecule has 0 saturated carbocycles. The second kappa shape index (κ2) is 43.4. The zero-order chi connectivity index (χ0) is 45.6. The second-order valence-corrected chi connectivity index (χ2v) is 16.4. The van der Waals surface area contributed by atoms with Crippen molar-refractivity contribution in [2.75, 3.05) is 41.0 Å². The summed E-state index contributed by atoms with van der Waals surface area (Å²) in [7, 11) is 5.38. The average Bonchev–Trinajstić information content (AvgIpc) is 3.23. The summed E-state index contributed by atoms with van der Waals surface area (Å²) >= 11 is 0. The van der Waals surface area contributed by atoms with Crippen molar-refractivity contribution in [3.63, 3.8) is 0 Å². The van der Waals surface area contributed by atoms with E-state index in [1.807, 2.05) is 72.9 Å². The molecule has 0 aliphatic rings. The third kappa shape index (κ3) is 41.1. The maximum atomic E-state index is 12.7. The zero-order valence-corrected chi connectivity index (χ0v) is 39.5. The number of rotatable bonds is 40. The van der Waals surface area contributed by atoms with Gasteiger partial charge in [-0.25, -0.2) is 0 Å². The lowest BCUT2D eigenvalue weighted by atomic mass is 10.1. The Hall–Kier alpha value is -4.27. The summed E-state index contributed by atoms with van der Waals surface area (Å²) in [6.07, 6.45) is 60.8. The number of carboxylic acids is 1. The molecule has 0 aliphatic heterocycles. The first-order chi connectivity index (χ1) is 30.1. The van der Waals surface area contributed by atoms with Crippen molar-refractivity contribution in [1.29, 1.82) is 0 Å². The molecule has 0 saturated heterocycles. The van der Waals surface area contributed by atoms with Crippen molar-refractivity contribution in [2.24, 2.45) is 0 Å². The van der Waals surface area contributed by atoms with Gasteiger partial charge in [-0.2, -0.15) is 0 Å². The lowest BCUT2D eigenvalue weighted by Crippen LogP contribution is -2.55. The predicted octanol–water partition coefficient (Wildman–Crippen LogP) is 12.1. The minimum absolute atomic E-state index is 0.0112. The van der Waals surface area contributed by atoms with Crippen molar-refractivity contribution < 1.29 is 38.2 Å². The topological polar surface area (TPSA) is 102 Å². The van der Waals surface area contributed by atoms with E-state index in [1.165, 1.54) is 38.5 Å². The highest BCUT2D eigenvalue weighted by atomic mass is 16.6. The Bertz CT molecular complexity index is 1420. The first kappa shape index (κ1) is 57.7. The van der Waals surface area contributed by atoms with Crippen molar-refractivity contribution in [3.05, 3.63) is 122 Å². The van der Waals surface area contributed by atoms with E-state index in [2.05, 4.69) is 62.5 Å². The molecule has 0 rings (SSSR count). The monoisotopic (exact) mass is 860 g/mol. The molecule has 0 radical (unpaired) electrons. The molecule has 0 spiro atoms. The van der Waals surface area contributed by atoms with Crippen LogP contribution in [0.3, 0.4) is 0 Å². The molecule has 0 fully saturated rings. The van der Waals surface area contributed by atoms with Crippen LogP contribution in [-0.2, 0) is 28.6 Å². The summed E-state index contributed by atoms with van der Waals surface area (Å²) in [6.45, 7) is 4.33. The number of carbonyl (C=O) groups is 3. The number of carbonyl (C=O) groups excluding carboxylic acids is 3. The number of likely N-dealkylation sites (N-methyl/N-ethyl adjacent to an activating group) is 1. The summed E-state index contributed by atoms with van der Waals surface area (Å²) in [6, 6.07) is -0.744. The zero-order valence-electron chi connectivity index (χ0n) is 39.5. The Balaban J connectivity index is 4.44. The van der Waals surface area contributed by atoms with E-state index in [4.69, 9.17) is 14.2 Å². The highest BCUT2D eigenvalue weighted by Gasteiger charge is 2.25. The molecule has 348 valence electrons. The molecule has 0 bridgehead atoms. The molecule has 0 aromatic heterocycles. The van der Waals surface area contributed by atoms with E-state index in [1.54, 1.807) is 21.1 Å². The van der Waals surface area contributed by atoms with Gasteiger partial charge in [0.25, 0.3) is 0 Å². The van der Waals surface area contributed by atoms with E-state index in [0.717, 1.165) is 70.6 Å². The molecule has 8 heteroatoms. The third-order valence-electron chi connectivity index (χ3n) is 9.79. The minimum Gasteiger partial charge on any atom is -0.544 e. The predicted molar refractivity (Wildman–Crippen MR) is 258 cm³/mol. The molecular formula is C54H85NO7. The van der Waals surface area contributed by atoms with E-state index >= 15 is 0 Å². The van der Waals surface area contributed by atoms with Gasteiger partial charge in [-0.15, -0.1) is 0 Å². The van der Waals surface area contributed by atoms with Crippen LogP contribution < -0.4 is 5.11 Å². The van der Waals surface area contributed by atoms with Gasteiger partial charge in [0.1, 0.15) is 12.6 Å². The first-order valence-corrected chi connectivity index (χ1v) is 23.7. The Morgan fingerprint density at radius 2 is 0.935 bits per heavy atom. The Morgan fingerprint density at radius 3 is 1.47 bits per heavy atom. The van der Waals surface area contributed by atoms with Crippen molar-refractivity contribution in [1.82, 2.24) is 0 Å². The van der Waals surface area contributed by atoms with Gasteiger partial charge in [-0.1, -0.05) is 187 Å². The molecule has 0 N–H and O–H groups in total. The van der Waals surface area contributed by atoms with E-state index in [9.17, 15) is 19.5 Å². The number of esters is 2. The molecule has 2 atom stereocenters. The number of carboxylic acid groups (broad SMARTS) is 1. The van der Waals surface area contributed by atoms with E-state index < -0.39 is 18.1 Å². The molecular weight excluding hydrogens is 775 g/mol. The lowest BCUT2D eigenvalue weighted by molar-refractivity contribution is -0.889. The molecule has 0 heterocycles. The summed E-state index contributed by atoms with van der Waals surface area (Å²) in [5.74, 6) is -1.82. The van der Waals surface area contributed by atoms with Gasteiger partial charge in [0, 0.05) is 19.3 Å². The van der Waals surface area contributed by atoms with Crippen LogP contribution >= 0.6 is 0 Å². The van der Waals surface area contributed by atoms with Crippen LogP contribution in [0.15, 0.2) is 122 Å². The van der Waals surface area contributed by atoms with Crippen LogP contribution in [0.1, 0.15) is 149 Å². The van der Waals surface area contributed by atoms with Gasteiger partial charge in [0.15, 0.2) is 6.10 Å². The molecule has 2 unspecified atom stereocenters. The Kier molecular flexibility index (Phi) is 40.4. The lowest BCUT2D eigenvalue weighted by Gasteiger charge is -2.34. The van der Waals surface area contributed by atoms with E-state index in [0.29, 0.717) is 12.8 Å². The Labute approximate surface area is 378 Å². The molecule has 0 aromatic rings. The van der Waals surface area contributed by atoms with Crippen molar-refractivity contribution >= 4 is 17.9 Å². The fourth-order valence-corrected chi connectivity index (χ4v) is 6.18. The molecule has 0 aliphatic carbocycles. The van der Waals surface area contributed by atoms with Crippen LogP contribution in [0.4, 0.5) is 0 Å². The van der Waals surface area contributed by atoms with Crippen LogP contribution in [0.5, 0.6) is 0 Å². The van der Waals surface area contributed by atoms with Gasteiger partial charge < -0.3 is 28.6 Å². The van der Waals surface area contributed by atoms with Crippen molar-refractivity contribution in [2.45, 2.75) is 161 Å². The van der Waals surface area contributed by atoms with Gasteiger partial charge in [-0.05, 0) is 64.2 Å². The summed E-state index contributed by atoms with van der Waals surface area (Å²) < 4.78 is 17.1. The maximum Gasteiger partial charge on any atom is 0.306 e.